The number of nitrogens with zero attached hydrogens (tertiary/aromatic N) is 1. The van der Waals surface area contributed by atoms with Gasteiger partial charge in [-0.1, -0.05) is 234 Å². The highest BCUT2D eigenvalue weighted by atomic mass is 16.6. The molecule has 8 nitrogen and oxygen atoms in total. The van der Waals surface area contributed by atoms with Gasteiger partial charge in [0.1, 0.15) is 6.61 Å². The van der Waals surface area contributed by atoms with Crippen LogP contribution >= 0.6 is 0 Å². The van der Waals surface area contributed by atoms with Gasteiger partial charge in [-0.25, -0.2) is 4.79 Å². The van der Waals surface area contributed by atoms with Crippen molar-refractivity contribution >= 4 is 17.9 Å². The van der Waals surface area contributed by atoms with Gasteiger partial charge in [-0.3, -0.25) is 9.59 Å². The van der Waals surface area contributed by atoms with Crippen LogP contribution in [-0.2, 0) is 28.6 Å². The number of carboxylic acids is 1. The number of aliphatic carboxylic acids is 1. The molecule has 0 aromatic carbocycles. The first-order valence-electron chi connectivity index (χ1n) is 28.5. The summed E-state index contributed by atoms with van der Waals surface area (Å²) >= 11 is 0. The third kappa shape index (κ3) is 49.5. The number of rotatable bonds is 51. The zero-order valence-electron chi connectivity index (χ0n) is 45.5. The smallest absolute Gasteiger partial charge is 0.362 e. The number of esters is 2. The van der Waals surface area contributed by atoms with Crippen molar-refractivity contribution in [3.05, 3.63) is 72.9 Å². The van der Waals surface area contributed by atoms with Crippen molar-refractivity contribution in [3.8, 4) is 0 Å². The summed E-state index contributed by atoms with van der Waals surface area (Å²) in [4.78, 5) is 37.3. The van der Waals surface area contributed by atoms with E-state index in [1.807, 2.05) is 21.1 Å². The Balaban J connectivity index is 4.23. The summed E-state index contributed by atoms with van der Waals surface area (Å²) in [5, 5.41) is 9.68. The van der Waals surface area contributed by atoms with E-state index < -0.39 is 18.1 Å². The number of carbonyl (C=O) groups excluding carboxylic acids is 2. The van der Waals surface area contributed by atoms with Crippen LogP contribution in [-0.4, -0.2) is 80.6 Å². The first kappa shape index (κ1) is 65.8. The van der Waals surface area contributed by atoms with Crippen molar-refractivity contribution in [3.63, 3.8) is 0 Å². The lowest BCUT2D eigenvalue weighted by atomic mass is 10.0. The molecule has 8 heteroatoms. The Morgan fingerprint density at radius 3 is 1.20 bits per heavy atom. The quantitative estimate of drug-likeness (QED) is 0.0281. The molecule has 0 aliphatic heterocycles. The largest absolute Gasteiger partial charge is 0.477 e. The summed E-state index contributed by atoms with van der Waals surface area (Å²) < 4.78 is 17.4. The van der Waals surface area contributed by atoms with E-state index in [-0.39, 0.29) is 36.2 Å². The molecule has 0 radical (unpaired) electrons. The summed E-state index contributed by atoms with van der Waals surface area (Å²) in [5.74, 6) is -1.50. The van der Waals surface area contributed by atoms with Crippen LogP contribution in [0, 0.1) is 0 Å². The Labute approximate surface area is 425 Å². The standard InChI is InChI=1S/C61H107NO7/c1-6-8-10-12-14-16-18-20-22-24-26-28-30-32-34-36-38-40-42-44-46-48-50-52-60(64)69-57(55-67-54-53-58(61(65)66)62(3,4)5)56-68-59(63)51-49-47-45-43-41-39-37-35-33-31-29-27-25-23-21-19-17-15-13-11-9-7-2/h9,11,15,17,21,23,27,29,33,35,39,41,57-58H,6-8,10,12-14,16,18-20,22,24-26,28,30-32,34,36-38,40,42-56H2,1-5H3/p+1/b11-9+,17-15+,23-21+,29-27+,35-33+,41-39+. The maximum absolute atomic E-state index is 12.8. The Morgan fingerprint density at radius 2 is 0.812 bits per heavy atom. The molecule has 0 aromatic rings. The third-order valence-electron chi connectivity index (χ3n) is 12.6. The topological polar surface area (TPSA) is 99.1 Å². The van der Waals surface area contributed by atoms with Gasteiger partial charge < -0.3 is 23.8 Å². The number of ether oxygens (including phenoxy) is 3. The van der Waals surface area contributed by atoms with E-state index in [1.54, 1.807) is 0 Å². The lowest BCUT2D eigenvalue weighted by molar-refractivity contribution is -0.887. The van der Waals surface area contributed by atoms with Crippen LogP contribution in [0.4, 0.5) is 0 Å². The van der Waals surface area contributed by atoms with Crippen LogP contribution in [0.25, 0.3) is 0 Å². The zero-order valence-corrected chi connectivity index (χ0v) is 45.5. The molecule has 2 unspecified atom stereocenters. The molecular formula is C61H108NO7+. The van der Waals surface area contributed by atoms with E-state index in [0.29, 0.717) is 19.3 Å². The van der Waals surface area contributed by atoms with E-state index in [2.05, 4.69) is 86.8 Å². The molecule has 398 valence electrons. The van der Waals surface area contributed by atoms with Crippen LogP contribution in [0.3, 0.4) is 0 Å². The summed E-state index contributed by atoms with van der Waals surface area (Å²) in [6.45, 7) is 4.62. The molecule has 0 fully saturated rings. The predicted octanol–water partition coefficient (Wildman–Crippen LogP) is 17.0. The van der Waals surface area contributed by atoms with E-state index in [0.717, 1.165) is 83.5 Å². The van der Waals surface area contributed by atoms with Crippen LogP contribution in [0.2, 0.25) is 0 Å². The number of hydrogen-bond donors (Lipinski definition) is 1. The second kappa shape index (κ2) is 51.1. The molecule has 0 heterocycles. The molecule has 0 aliphatic rings. The number of carboxylic acid groups (broad SMARTS) is 1. The molecule has 0 aromatic heterocycles. The van der Waals surface area contributed by atoms with E-state index >= 15 is 0 Å². The van der Waals surface area contributed by atoms with Crippen molar-refractivity contribution in [2.45, 2.75) is 257 Å². The van der Waals surface area contributed by atoms with Crippen molar-refractivity contribution in [1.29, 1.82) is 0 Å². The van der Waals surface area contributed by atoms with Gasteiger partial charge in [0.05, 0.1) is 34.4 Å². The van der Waals surface area contributed by atoms with Crippen molar-refractivity contribution < 1.29 is 38.2 Å². The fourth-order valence-electron chi connectivity index (χ4n) is 8.27. The molecule has 1 N–H and O–H groups in total. The number of carbonyl (C=O) groups is 3. The maximum Gasteiger partial charge on any atom is 0.362 e. The number of unbranched alkanes of at least 4 members (excludes halogenated alkanes) is 25. The van der Waals surface area contributed by atoms with Crippen LogP contribution in [0.15, 0.2) is 72.9 Å². The second-order valence-corrected chi connectivity index (χ2v) is 20.2. The van der Waals surface area contributed by atoms with Gasteiger partial charge in [0.2, 0.25) is 0 Å². The molecule has 0 saturated carbocycles. The number of hydrogen-bond acceptors (Lipinski definition) is 6. The molecule has 0 bridgehead atoms. The lowest BCUT2D eigenvalue weighted by Crippen LogP contribution is -2.50. The molecule has 0 saturated heterocycles. The summed E-state index contributed by atoms with van der Waals surface area (Å²) in [6.07, 6.45) is 66.8. The highest BCUT2D eigenvalue weighted by molar-refractivity contribution is 5.72. The Kier molecular flexibility index (Phi) is 48.7. The molecule has 0 spiro atoms. The van der Waals surface area contributed by atoms with Gasteiger partial charge in [0.25, 0.3) is 0 Å². The van der Waals surface area contributed by atoms with Gasteiger partial charge in [0, 0.05) is 19.3 Å². The van der Waals surface area contributed by atoms with Crippen LogP contribution in [0.5, 0.6) is 0 Å². The molecular weight excluding hydrogens is 859 g/mol. The van der Waals surface area contributed by atoms with Gasteiger partial charge in [-0.05, 0) is 64.2 Å². The SMILES string of the molecule is CC/C=C/C/C=C/C/C=C/C/C=C/C/C=C/C/C=C/CCCCCC(=O)OCC(COCCC(C(=O)O)[N+](C)(C)C)OC(=O)CCCCCCCCCCCCCCCCCCCCCCCCC. The highest BCUT2D eigenvalue weighted by Crippen LogP contribution is 2.17. The minimum atomic E-state index is -0.879. The van der Waals surface area contributed by atoms with Crippen molar-refractivity contribution in [2.75, 3.05) is 41.0 Å². The number of quaternary nitrogens is 1. The first-order chi connectivity index (χ1) is 33.6. The van der Waals surface area contributed by atoms with Crippen LogP contribution < -0.4 is 0 Å². The van der Waals surface area contributed by atoms with Gasteiger partial charge in [-0.2, -0.15) is 0 Å². The molecule has 69 heavy (non-hydrogen) atoms. The van der Waals surface area contributed by atoms with E-state index in [1.165, 1.54) is 128 Å². The van der Waals surface area contributed by atoms with E-state index in [9.17, 15) is 19.5 Å². The first-order valence-corrected chi connectivity index (χ1v) is 28.5. The second-order valence-electron chi connectivity index (χ2n) is 20.2. The minimum absolute atomic E-state index is 0.0495. The fraction of sp³-hybridized carbons (Fsp3) is 0.754. The van der Waals surface area contributed by atoms with Gasteiger partial charge in [0.15, 0.2) is 12.1 Å². The molecule has 0 amide bonds. The summed E-state index contributed by atoms with van der Waals surface area (Å²) in [5.41, 5.74) is 0. The average Bonchev–Trinajstić information content (AvgIpc) is 3.31. The van der Waals surface area contributed by atoms with Gasteiger partial charge >= 0.3 is 17.9 Å². The summed E-state index contributed by atoms with van der Waals surface area (Å²) in [6, 6.07) is -0.623. The monoisotopic (exact) mass is 967 g/mol. The highest BCUT2D eigenvalue weighted by Gasteiger charge is 2.31. The maximum atomic E-state index is 12.8. The van der Waals surface area contributed by atoms with Crippen molar-refractivity contribution in [2.24, 2.45) is 0 Å². The lowest BCUT2D eigenvalue weighted by Gasteiger charge is -2.31. The predicted molar refractivity (Wildman–Crippen MR) is 294 cm³/mol. The molecule has 0 aliphatic carbocycles. The van der Waals surface area contributed by atoms with Gasteiger partial charge in [-0.15, -0.1) is 0 Å². The summed E-state index contributed by atoms with van der Waals surface area (Å²) in [7, 11) is 5.53. The normalized spacial score (nSPS) is 13.3. The third-order valence-corrected chi connectivity index (χ3v) is 12.6. The fourth-order valence-corrected chi connectivity index (χ4v) is 8.27. The van der Waals surface area contributed by atoms with Crippen molar-refractivity contribution in [1.82, 2.24) is 0 Å². The average molecular weight is 968 g/mol. The van der Waals surface area contributed by atoms with Crippen LogP contribution in [0.1, 0.15) is 245 Å². The minimum Gasteiger partial charge on any atom is -0.477 e. The Morgan fingerprint density at radius 1 is 0.449 bits per heavy atom. The molecule has 2 atom stereocenters. The van der Waals surface area contributed by atoms with E-state index in [4.69, 9.17) is 14.2 Å². The zero-order chi connectivity index (χ0) is 50.6. The Hall–Kier alpha value is -3.23. The number of likely N-dealkylation sites (N-methyl/N-ethyl adjacent to an activating group) is 1. The number of allylic oxidation sites excluding steroid dienone is 12. The Bertz CT molecular complexity index is 1360. The molecule has 0 rings (SSSR count).